The van der Waals surface area contributed by atoms with Gasteiger partial charge in [-0.1, -0.05) is 65.0 Å². The third-order valence-electron chi connectivity index (χ3n) is 3.78. The second-order valence-electron chi connectivity index (χ2n) is 5.34. The Kier molecular flexibility index (Phi) is 10.6. The first kappa shape index (κ1) is 21.0. The van der Waals surface area contributed by atoms with E-state index < -0.39 is 0 Å². The molecule has 1 atom stereocenters. The molecule has 0 aliphatic carbocycles. The minimum atomic E-state index is 0.344. The molecule has 2 rings (SSSR count). The monoisotopic (exact) mass is 316 g/mol. The summed E-state index contributed by atoms with van der Waals surface area (Å²) in [5.74, 6) is 1.39. The van der Waals surface area contributed by atoms with Gasteiger partial charge < -0.3 is 10.2 Å². The first-order valence-corrected chi connectivity index (χ1v) is 8.55. The van der Waals surface area contributed by atoms with E-state index in [2.05, 4.69) is 13.8 Å². The summed E-state index contributed by atoms with van der Waals surface area (Å²) in [5.41, 5.74) is 3.28. The average Bonchev–Trinajstić information content (AvgIpc) is 2.59. The van der Waals surface area contributed by atoms with E-state index in [-0.39, 0.29) is 0 Å². The number of phenols is 2. The highest BCUT2D eigenvalue weighted by Gasteiger charge is 2.01. The van der Waals surface area contributed by atoms with Crippen molar-refractivity contribution in [3.63, 3.8) is 0 Å². The predicted molar refractivity (Wildman–Crippen MR) is 100 cm³/mol. The van der Waals surface area contributed by atoms with Crippen LogP contribution in [0.4, 0.5) is 0 Å². The second-order valence-corrected chi connectivity index (χ2v) is 5.34. The van der Waals surface area contributed by atoms with Crippen molar-refractivity contribution in [2.24, 2.45) is 0 Å². The predicted octanol–water partition coefficient (Wildman–Crippen LogP) is 6.19. The van der Waals surface area contributed by atoms with E-state index in [0.29, 0.717) is 17.4 Å². The number of phenolic OH excluding ortho intramolecular Hbond substituents is 2. The molecule has 0 amide bonds. The van der Waals surface area contributed by atoms with E-state index in [9.17, 15) is 5.11 Å². The van der Waals surface area contributed by atoms with Gasteiger partial charge >= 0.3 is 0 Å². The van der Waals surface area contributed by atoms with Gasteiger partial charge in [0.2, 0.25) is 0 Å². The van der Waals surface area contributed by atoms with Crippen LogP contribution in [0.2, 0.25) is 0 Å². The van der Waals surface area contributed by atoms with Crippen molar-refractivity contribution >= 4 is 0 Å². The minimum Gasteiger partial charge on any atom is -0.508 e. The zero-order chi connectivity index (χ0) is 17.8. The Bertz CT molecular complexity index is 544. The van der Waals surface area contributed by atoms with Gasteiger partial charge in [0.05, 0.1) is 0 Å². The Morgan fingerprint density at radius 3 is 1.91 bits per heavy atom. The largest absolute Gasteiger partial charge is 0.508 e. The van der Waals surface area contributed by atoms with Crippen LogP contribution < -0.4 is 0 Å². The molecule has 0 spiro atoms. The van der Waals surface area contributed by atoms with Crippen LogP contribution in [0.5, 0.6) is 11.5 Å². The Labute approximate surface area is 141 Å². The lowest BCUT2D eigenvalue weighted by Gasteiger charge is -2.07. The molecule has 0 aromatic heterocycles. The maximum atomic E-state index is 9.40. The van der Waals surface area contributed by atoms with Crippen LogP contribution in [0, 0.1) is 6.92 Å². The summed E-state index contributed by atoms with van der Waals surface area (Å²) >= 11 is 0. The number of aromatic hydroxyl groups is 2. The third kappa shape index (κ3) is 7.23. The van der Waals surface area contributed by atoms with Gasteiger partial charge in [0.25, 0.3) is 0 Å². The van der Waals surface area contributed by atoms with E-state index >= 15 is 0 Å². The van der Waals surface area contributed by atoms with Crippen molar-refractivity contribution in [3.05, 3.63) is 59.2 Å². The number of para-hydroxylation sites is 1. The van der Waals surface area contributed by atoms with Crippen LogP contribution >= 0.6 is 0 Å². The molecule has 2 aromatic rings. The molecule has 128 valence electrons. The van der Waals surface area contributed by atoms with Gasteiger partial charge in [0.15, 0.2) is 0 Å². The maximum absolute atomic E-state index is 9.40. The van der Waals surface area contributed by atoms with Crippen molar-refractivity contribution in [2.75, 3.05) is 0 Å². The summed E-state index contributed by atoms with van der Waals surface area (Å²) in [6.07, 6.45) is 2.04. The highest BCUT2D eigenvalue weighted by atomic mass is 16.3. The molecule has 2 heteroatoms. The molecular weight excluding hydrogens is 284 g/mol. The summed E-state index contributed by atoms with van der Waals surface area (Å²) in [6.45, 7) is 12.3. The quantitative estimate of drug-likeness (QED) is 0.708. The van der Waals surface area contributed by atoms with Gasteiger partial charge in [0.1, 0.15) is 11.5 Å². The summed E-state index contributed by atoms with van der Waals surface area (Å²) < 4.78 is 0. The molecule has 0 aliphatic rings. The summed E-state index contributed by atoms with van der Waals surface area (Å²) in [7, 11) is 0. The van der Waals surface area contributed by atoms with E-state index in [4.69, 9.17) is 5.11 Å². The first-order valence-electron chi connectivity index (χ1n) is 8.55. The molecule has 0 fully saturated rings. The summed E-state index contributed by atoms with van der Waals surface area (Å²) in [4.78, 5) is 0. The second kappa shape index (κ2) is 11.6. The van der Waals surface area contributed by atoms with Gasteiger partial charge in [-0.25, -0.2) is 0 Å². The number of aryl methyl sites for hydroxylation is 2. The molecule has 0 radical (unpaired) electrons. The van der Waals surface area contributed by atoms with Crippen molar-refractivity contribution < 1.29 is 10.2 Å². The zero-order valence-corrected chi connectivity index (χ0v) is 15.4. The first-order chi connectivity index (χ1) is 11.0. The van der Waals surface area contributed by atoms with Crippen molar-refractivity contribution in [2.45, 2.75) is 60.3 Å². The Hall–Kier alpha value is -1.96. The Morgan fingerprint density at radius 2 is 1.48 bits per heavy atom. The molecule has 0 saturated carbocycles. The zero-order valence-electron chi connectivity index (χ0n) is 15.4. The lowest BCUT2D eigenvalue weighted by molar-refractivity contribution is 0.464. The molecule has 2 N–H and O–H groups in total. The molecule has 0 saturated heterocycles. The van der Waals surface area contributed by atoms with Crippen LogP contribution in [-0.4, -0.2) is 10.2 Å². The van der Waals surface area contributed by atoms with Crippen LogP contribution in [-0.2, 0) is 6.42 Å². The maximum Gasteiger partial charge on any atom is 0.121 e. The van der Waals surface area contributed by atoms with Gasteiger partial charge in [-0.2, -0.15) is 0 Å². The SMILES string of the molecule is CC.CCC(C)c1ccc(O)cc1.CCc1cccc(C)c1O. The Morgan fingerprint density at radius 1 is 0.913 bits per heavy atom. The van der Waals surface area contributed by atoms with Crippen LogP contribution in [0.15, 0.2) is 42.5 Å². The van der Waals surface area contributed by atoms with Gasteiger partial charge in [-0.3, -0.25) is 0 Å². The Balaban J connectivity index is 0.000000381. The third-order valence-corrected chi connectivity index (χ3v) is 3.78. The average molecular weight is 316 g/mol. The molecule has 1 unspecified atom stereocenters. The van der Waals surface area contributed by atoms with Crippen molar-refractivity contribution in [3.8, 4) is 11.5 Å². The minimum absolute atomic E-state index is 0.344. The summed E-state index contributed by atoms with van der Waals surface area (Å²) in [6, 6.07) is 13.3. The van der Waals surface area contributed by atoms with Crippen LogP contribution in [0.1, 0.15) is 63.6 Å². The van der Waals surface area contributed by atoms with Crippen LogP contribution in [0.3, 0.4) is 0 Å². The molecule has 0 aliphatic heterocycles. The molecule has 2 aromatic carbocycles. The number of hydrogen-bond donors (Lipinski definition) is 2. The van der Waals surface area contributed by atoms with Crippen molar-refractivity contribution in [1.29, 1.82) is 0 Å². The molecule has 0 bridgehead atoms. The highest BCUT2D eigenvalue weighted by Crippen LogP contribution is 2.21. The number of benzene rings is 2. The van der Waals surface area contributed by atoms with Crippen molar-refractivity contribution in [1.82, 2.24) is 0 Å². The lowest BCUT2D eigenvalue weighted by atomic mass is 9.99. The molecular formula is C21H32O2. The highest BCUT2D eigenvalue weighted by molar-refractivity contribution is 5.39. The summed E-state index contributed by atoms with van der Waals surface area (Å²) in [5, 5.41) is 18.4. The van der Waals surface area contributed by atoms with E-state index in [1.807, 2.05) is 58.0 Å². The smallest absolute Gasteiger partial charge is 0.121 e. The van der Waals surface area contributed by atoms with E-state index in [1.165, 1.54) is 5.56 Å². The fourth-order valence-corrected chi connectivity index (χ4v) is 2.04. The van der Waals surface area contributed by atoms with Gasteiger partial charge in [-0.05, 0) is 54.5 Å². The standard InChI is InChI=1S/C10H14O.C9H12O.C2H6/c1-3-8(2)9-4-6-10(11)7-5-9;1-3-8-6-4-5-7(2)9(8)10;1-2/h4-8,11H,3H2,1-2H3;4-6,10H,3H2,1-2H3;1-2H3. The lowest BCUT2D eigenvalue weighted by Crippen LogP contribution is -1.89. The normalized spacial score (nSPS) is 10.7. The topological polar surface area (TPSA) is 40.5 Å². The molecule has 0 heterocycles. The van der Waals surface area contributed by atoms with E-state index in [1.54, 1.807) is 12.1 Å². The van der Waals surface area contributed by atoms with Crippen LogP contribution in [0.25, 0.3) is 0 Å². The fraction of sp³-hybridized carbons (Fsp3) is 0.429. The van der Waals surface area contributed by atoms with E-state index in [0.717, 1.165) is 24.0 Å². The fourth-order valence-electron chi connectivity index (χ4n) is 2.04. The number of hydrogen-bond acceptors (Lipinski definition) is 2. The van der Waals surface area contributed by atoms with Gasteiger partial charge in [-0.15, -0.1) is 0 Å². The molecule has 2 nitrogen and oxygen atoms in total. The number of rotatable bonds is 3. The van der Waals surface area contributed by atoms with Gasteiger partial charge in [0, 0.05) is 0 Å². The molecule has 23 heavy (non-hydrogen) atoms.